The number of nitrogens with zero attached hydrogens (tertiary/aromatic N) is 1. The molecular formula is C10H16FNO. The number of alkyl halides is 1. The van der Waals surface area contributed by atoms with Crippen molar-refractivity contribution in [3.05, 3.63) is 0 Å². The van der Waals surface area contributed by atoms with E-state index in [4.69, 9.17) is 0 Å². The Hall–Kier alpha value is -0.150. The Morgan fingerprint density at radius 3 is 2.77 bits per heavy atom. The molecule has 1 saturated carbocycles. The molecule has 1 aliphatic carbocycles. The third kappa shape index (κ3) is 0.895. The molecule has 0 bridgehead atoms. The van der Waals surface area contributed by atoms with Crippen LogP contribution in [0.1, 0.15) is 32.1 Å². The van der Waals surface area contributed by atoms with Crippen molar-refractivity contribution in [2.24, 2.45) is 0 Å². The van der Waals surface area contributed by atoms with Gasteiger partial charge in [0.2, 0.25) is 0 Å². The molecule has 3 heteroatoms. The molecule has 74 valence electrons. The van der Waals surface area contributed by atoms with Gasteiger partial charge in [0.1, 0.15) is 6.17 Å². The van der Waals surface area contributed by atoms with Gasteiger partial charge in [0.15, 0.2) is 0 Å². The summed E-state index contributed by atoms with van der Waals surface area (Å²) in [6, 6.07) is 0. The molecule has 0 radical (unpaired) electrons. The predicted molar refractivity (Wildman–Crippen MR) is 47.2 cm³/mol. The van der Waals surface area contributed by atoms with Gasteiger partial charge in [0.25, 0.3) is 0 Å². The topological polar surface area (TPSA) is 23.5 Å². The summed E-state index contributed by atoms with van der Waals surface area (Å²) in [4.78, 5) is 2.20. The van der Waals surface area contributed by atoms with Crippen molar-refractivity contribution < 1.29 is 9.50 Å². The van der Waals surface area contributed by atoms with Crippen LogP contribution in [0.2, 0.25) is 0 Å². The van der Waals surface area contributed by atoms with Crippen LogP contribution in [0.5, 0.6) is 0 Å². The van der Waals surface area contributed by atoms with Crippen molar-refractivity contribution in [1.29, 1.82) is 0 Å². The minimum atomic E-state index is -0.704. The molecule has 2 heterocycles. The van der Waals surface area contributed by atoms with Crippen LogP contribution >= 0.6 is 0 Å². The number of hydrogen-bond acceptors (Lipinski definition) is 2. The first-order valence-corrected chi connectivity index (χ1v) is 5.28. The highest BCUT2D eigenvalue weighted by Crippen LogP contribution is 2.57. The van der Waals surface area contributed by atoms with Crippen LogP contribution in [0.4, 0.5) is 4.39 Å². The Balaban J connectivity index is 1.94. The maximum Gasteiger partial charge on any atom is 0.115 e. The third-order valence-electron chi connectivity index (χ3n) is 4.19. The summed E-state index contributed by atoms with van der Waals surface area (Å²) >= 11 is 0. The van der Waals surface area contributed by atoms with Crippen molar-refractivity contribution in [2.75, 3.05) is 13.1 Å². The van der Waals surface area contributed by atoms with Gasteiger partial charge in [-0.25, -0.2) is 4.39 Å². The lowest BCUT2D eigenvalue weighted by atomic mass is 9.85. The summed E-state index contributed by atoms with van der Waals surface area (Å²) in [6.45, 7) is 1.55. The van der Waals surface area contributed by atoms with E-state index in [1.165, 1.54) is 0 Å². The first kappa shape index (κ1) is 8.18. The van der Waals surface area contributed by atoms with E-state index >= 15 is 0 Å². The molecular weight excluding hydrogens is 169 g/mol. The fourth-order valence-corrected chi connectivity index (χ4v) is 3.40. The molecule has 0 amide bonds. The van der Waals surface area contributed by atoms with E-state index < -0.39 is 11.8 Å². The normalized spacial score (nSPS) is 48.0. The van der Waals surface area contributed by atoms with E-state index in [-0.39, 0.29) is 5.54 Å². The lowest BCUT2D eigenvalue weighted by Crippen LogP contribution is -2.50. The molecule has 3 rings (SSSR count). The van der Waals surface area contributed by atoms with Crippen molar-refractivity contribution >= 4 is 0 Å². The average Bonchev–Trinajstić information content (AvgIpc) is 2.56. The summed E-state index contributed by atoms with van der Waals surface area (Å²) in [7, 11) is 0. The number of fused-ring (bicyclic) bond motifs is 1. The maximum absolute atomic E-state index is 13.3. The third-order valence-corrected chi connectivity index (χ3v) is 4.19. The van der Waals surface area contributed by atoms with Gasteiger partial charge in [0, 0.05) is 13.0 Å². The zero-order valence-electron chi connectivity index (χ0n) is 7.80. The Morgan fingerprint density at radius 1 is 1.31 bits per heavy atom. The number of halogens is 1. The monoisotopic (exact) mass is 185 g/mol. The second kappa shape index (κ2) is 2.26. The molecule has 0 aromatic rings. The van der Waals surface area contributed by atoms with Gasteiger partial charge in [-0.3, -0.25) is 4.90 Å². The van der Waals surface area contributed by atoms with Gasteiger partial charge >= 0.3 is 0 Å². The maximum atomic E-state index is 13.3. The van der Waals surface area contributed by atoms with Gasteiger partial charge in [-0.15, -0.1) is 0 Å². The summed E-state index contributed by atoms with van der Waals surface area (Å²) in [5, 5.41) is 10.2. The molecule has 2 unspecified atom stereocenters. The number of hydrogen-bond donors (Lipinski definition) is 1. The summed E-state index contributed by atoms with van der Waals surface area (Å²) < 4.78 is 13.3. The molecule has 2 nitrogen and oxygen atoms in total. The van der Waals surface area contributed by atoms with Gasteiger partial charge in [-0.05, 0) is 32.2 Å². The first-order chi connectivity index (χ1) is 6.16. The van der Waals surface area contributed by atoms with Crippen LogP contribution in [-0.4, -0.2) is 40.4 Å². The molecule has 1 N–H and O–H groups in total. The summed E-state index contributed by atoms with van der Waals surface area (Å²) in [6.07, 6.45) is 3.78. The summed E-state index contributed by atoms with van der Waals surface area (Å²) in [5.74, 6) is 0. The minimum absolute atomic E-state index is 0.160. The van der Waals surface area contributed by atoms with Gasteiger partial charge in [-0.2, -0.15) is 0 Å². The minimum Gasteiger partial charge on any atom is -0.388 e. The molecule has 0 aromatic heterocycles. The van der Waals surface area contributed by atoms with Gasteiger partial charge < -0.3 is 5.11 Å². The molecule has 0 spiro atoms. The van der Waals surface area contributed by atoms with Gasteiger partial charge in [0.05, 0.1) is 11.1 Å². The van der Waals surface area contributed by atoms with Crippen molar-refractivity contribution in [1.82, 2.24) is 4.90 Å². The van der Waals surface area contributed by atoms with Crippen LogP contribution in [0.15, 0.2) is 0 Å². The average molecular weight is 185 g/mol. The molecule has 2 aliphatic heterocycles. The zero-order chi connectivity index (χ0) is 9.10. The van der Waals surface area contributed by atoms with E-state index in [0.717, 1.165) is 32.2 Å². The van der Waals surface area contributed by atoms with Crippen LogP contribution in [0.3, 0.4) is 0 Å². The van der Waals surface area contributed by atoms with Gasteiger partial charge in [-0.1, -0.05) is 0 Å². The highest BCUT2D eigenvalue weighted by molar-refractivity contribution is 5.20. The molecule has 0 aromatic carbocycles. The molecule has 13 heavy (non-hydrogen) atoms. The fourth-order valence-electron chi connectivity index (χ4n) is 3.40. The zero-order valence-corrected chi connectivity index (χ0v) is 7.80. The second-order valence-electron chi connectivity index (χ2n) is 4.91. The van der Waals surface area contributed by atoms with Crippen LogP contribution < -0.4 is 0 Å². The Kier molecular flexibility index (Phi) is 1.42. The van der Waals surface area contributed by atoms with Crippen LogP contribution in [0.25, 0.3) is 0 Å². The van der Waals surface area contributed by atoms with E-state index in [1.807, 2.05) is 0 Å². The van der Waals surface area contributed by atoms with Crippen molar-refractivity contribution in [2.45, 2.75) is 49.4 Å². The lowest BCUT2D eigenvalue weighted by molar-refractivity contribution is -0.00543. The molecule has 2 atom stereocenters. The number of rotatable bonds is 1. The Labute approximate surface area is 77.7 Å². The Morgan fingerprint density at radius 2 is 2.08 bits per heavy atom. The van der Waals surface area contributed by atoms with Crippen LogP contribution in [-0.2, 0) is 0 Å². The highest BCUT2D eigenvalue weighted by Gasteiger charge is 2.65. The highest BCUT2D eigenvalue weighted by atomic mass is 19.1. The smallest absolute Gasteiger partial charge is 0.115 e. The predicted octanol–water partition coefficient (Wildman–Crippen LogP) is 1.09. The largest absolute Gasteiger partial charge is 0.388 e. The first-order valence-electron chi connectivity index (χ1n) is 5.28. The van der Waals surface area contributed by atoms with E-state index in [1.54, 1.807) is 0 Å². The molecule has 2 saturated heterocycles. The van der Waals surface area contributed by atoms with E-state index in [0.29, 0.717) is 13.0 Å². The lowest BCUT2D eigenvalue weighted by Gasteiger charge is -2.36. The summed E-state index contributed by atoms with van der Waals surface area (Å²) in [5.41, 5.74) is -0.684. The van der Waals surface area contributed by atoms with Crippen molar-refractivity contribution in [3.63, 3.8) is 0 Å². The SMILES string of the molecule is OC1(C23CCCN2CC(F)C3)CC1. The van der Waals surface area contributed by atoms with E-state index in [9.17, 15) is 9.50 Å². The van der Waals surface area contributed by atoms with Crippen LogP contribution in [0, 0.1) is 0 Å². The standard InChI is InChI=1S/C10H16FNO/c11-8-6-9(10(13)3-4-10)2-1-5-12(9)7-8/h8,13H,1-7H2. The molecule has 3 aliphatic rings. The Bertz CT molecular complexity index is 241. The van der Waals surface area contributed by atoms with E-state index in [2.05, 4.69) is 4.90 Å². The quantitative estimate of drug-likeness (QED) is 0.661. The number of aliphatic hydroxyl groups is 1. The fraction of sp³-hybridized carbons (Fsp3) is 1.00. The molecule has 3 fully saturated rings. The second-order valence-corrected chi connectivity index (χ2v) is 4.91. The van der Waals surface area contributed by atoms with Crippen molar-refractivity contribution in [3.8, 4) is 0 Å².